The number of benzene rings is 1. The molecule has 1 aliphatic carbocycles. The van der Waals surface area contributed by atoms with E-state index in [-0.39, 0.29) is 0 Å². The van der Waals surface area contributed by atoms with Crippen LogP contribution in [0, 0.1) is 0 Å². The predicted molar refractivity (Wildman–Crippen MR) is 82.5 cm³/mol. The van der Waals surface area contributed by atoms with Gasteiger partial charge in [0.1, 0.15) is 0 Å². The van der Waals surface area contributed by atoms with Crippen molar-refractivity contribution >= 4 is 39.8 Å². The van der Waals surface area contributed by atoms with Crippen LogP contribution < -0.4 is 5.32 Å². The van der Waals surface area contributed by atoms with Gasteiger partial charge in [-0.15, -0.1) is 0 Å². The summed E-state index contributed by atoms with van der Waals surface area (Å²) >= 11 is 12.6. The van der Waals surface area contributed by atoms with E-state index in [9.17, 15) is 0 Å². The quantitative estimate of drug-likeness (QED) is 0.819. The van der Waals surface area contributed by atoms with E-state index in [0.717, 1.165) is 22.3 Å². The smallest absolute Gasteiger partial charge is 0.0927 e. The monoisotopic (exact) mass is 294 g/mol. The molecule has 0 spiro atoms. The summed E-state index contributed by atoms with van der Waals surface area (Å²) < 4.78 is 0. The van der Waals surface area contributed by atoms with Crippen molar-refractivity contribution in [3.63, 3.8) is 0 Å². The van der Waals surface area contributed by atoms with Crippen molar-refractivity contribution in [2.75, 3.05) is 12.4 Å². The Kier molecular flexibility index (Phi) is 3.55. The zero-order chi connectivity index (χ0) is 13.4. The van der Waals surface area contributed by atoms with Crippen LogP contribution in [0.25, 0.3) is 10.9 Å². The third-order valence-corrected chi connectivity index (χ3v) is 4.54. The van der Waals surface area contributed by atoms with Gasteiger partial charge in [0.15, 0.2) is 0 Å². The van der Waals surface area contributed by atoms with Crippen molar-refractivity contribution < 1.29 is 0 Å². The number of pyridine rings is 1. The van der Waals surface area contributed by atoms with Gasteiger partial charge in [-0.3, -0.25) is 4.98 Å². The number of anilines is 1. The van der Waals surface area contributed by atoms with E-state index >= 15 is 0 Å². The number of halogens is 2. The Morgan fingerprint density at radius 3 is 2.53 bits per heavy atom. The number of hydrogen-bond donors (Lipinski definition) is 1. The van der Waals surface area contributed by atoms with Crippen LogP contribution in [-0.2, 0) is 0 Å². The molecule has 1 aromatic carbocycles. The molecule has 3 rings (SSSR count). The lowest BCUT2D eigenvalue weighted by Gasteiger charge is -2.15. The SMILES string of the molecule is CNc1cc(C2CCCC2)nc2c(Cl)ccc(Cl)c12. The van der Waals surface area contributed by atoms with E-state index < -0.39 is 0 Å². The van der Waals surface area contributed by atoms with E-state index in [1.54, 1.807) is 0 Å². The zero-order valence-electron chi connectivity index (χ0n) is 10.8. The second-order valence-corrected chi connectivity index (χ2v) is 5.89. The molecule has 1 aliphatic rings. The van der Waals surface area contributed by atoms with Gasteiger partial charge in [-0.25, -0.2) is 0 Å². The third kappa shape index (κ3) is 2.28. The molecule has 2 aromatic rings. The first-order valence-electron chi connectivity index (χ1n) is 6.67. The number of nitrogens with one attached hydrogen (secondary N) is 1. The van der Waals surface area contributed by atoms with E-state index in [2.05, 4.69) is 11.4 Å². The van der Waals surface area contributed by atoms with Crippen molar-refractivity contribution in [2.24, 2.45) is 0 Å². The molecule has 0 aliphatic heterocycles. The molecule has 0 radical (unpaired) electrons. The molecule has 0 saturated heterocycles. The molecule has 19 heavy (non-hydrogen) atoms. The first-order chi connectivity index (χ1) is 9.20. The lowest BCUT2D eigenvalue weighted by atomic mass is 10.0. The fraction of sp³-hybridized carbons (Fsp3) is 0.400. The molecule has 4 heteroatoms. The van der Waals surface area contributed by atoms with Crippen LogP contribution in [0.2, 0.25) is 10.0 Å². The van der Waals surface area contributed by atoms with Crippen LogP contribution in [0.1, 0.15) is 37.3 Å². The van der Waals surface area contributed by atoms with Crippen molar-refractivity contribution in [3.8, 4) is 0 Å². The lowest BCUT2D eigenvalue weighted by molar-refractivity contribution is 0.701. The van der Waals surface area contributed by atoms with Crippen LogP contribution in [0.5, 0.6) is 0 Å². The minimum Gasteiger partial charge on any atom is -0.387 e. The third-order valence-electron chi connectivity index (χ3n) is 3.92. The Morgan fingerprint density at radius 2 is 1.84 bits per heavy atom. The van der Waals surface area contributed by atoms with Gasteiger partial charge in [0.05, 0.1) is 15.6 Å². The Balaban J connectivity index is 2.24. The first kappa shape index (κ1) is 13.0. The van der Waals surface area contributed by atoms with Gasteiger partial charge in [0.25, 0.3) is 0 Å². The topological polar surface area (TPSA) is 24.9 Å². The van der Waals surface area contributed by atoms with Crippen molar-refractivity contribution in [1.82, 2.24) is 4.98 Å². The van der Waals surface area contributed by atoms with Gasteiger partial charge >= 0.3 is 0 Å². The molecule has 0 bridgehead atoms. The normalized spacial score (nSPS) is 16.2. The Bertz CT molecular complexity index is 619. The summed E-state index contributed by atoms with van der Waals surface area (Å²) in [5, 5.41) is 5.49. The maximum absolute atomic E-state index is 6.29. The molecule has 2 nitrogen and oxygen atoms in total. The molecule has 0 atom stereocenters. The minimum absolute atomic E-state index is 0.562. The van der Waals surface area contributed by atoms with Gasteiger partial charge in [0.2, 0.25) is 0 Å². The summed E-state index contributed by atoms with van der Waals surface area (Å²) in [5.41, 5.74) is 2.96. The van der Waals surface area contributed by atoms with E-state index in [1.165, 1.54) is 25.7 Å². The van der Waals surface area contributed by atoms with E-state index in [0.29, 0.717) is 16.0 Å². The summed E-state index contributed by atoms with van der Waals surface area (Å²) in [4.78, 5) is 4.77. The fourth-order valence-corrected chi connectivity index (χ4v) is 3.37. The maximum atomic E-state index is 6.29. The summed E-state index contributed by atoms with van der Waals surface area (Å²) in [7, 11) is 1.91. The van der Waals surface area contributed by atoms with E-state index in [1.807, 2.05) is 19.2 Å². The molecule has 0 unspecified atom stereocenters. The second-order valence-electron chi connectivity index (χ2n) is 5.08. The van der Waals surface area contributed by atoms with Crippen molar-refractivity contribution in [2.45, 2.75) is 31.6 Å². The summed E-state index contributed by atoms with van der Waals surface area (Å²) in [6, 6.07) is 5.77. The highest BCUT2D eigenvalue weighted by Crippen LogP contribution is 2.39. The van der Waals surface area contributed by atoms with Crippen LogP contribution in [-0.4, -0.2) is 12.0 Å². The van der Waals surface area contributed by atoms with Gasteiger partial charge in [-0.05, 0) is 31.0 Å². The van der Waals surface area contributed by atoms with E-state index in [4.69, 9.17) is 28.2 Å². The summed E-state index contributed by atoms with van der Waals surface area (Å²) in [5.74, 6) is 0.562. The lowest BCUT2D eigenvalue weighted by Crippen LogP contribution is -2.01. The maximum Gasteiger partial charge on any atom is 0.0927 e. The first-order valence-corrected chi connectivity index (χ1v) is 7.42. The highest BCUT2D eigenvalue weighted by atomic mass is 35.5. The Labute approximate surface area is 123 Å². The highest BCUT2D eigenvalue weighted by Gasteiger charge is 2.21. The largest absolute Gasteiger partial charge is 0.387 e. The Morgan fingerprint density at radius 1 is 1.16 bits per heavy atom. The summed E-state index contributed by atoms with van der Waals surface area (Å²) in [6.45, 7) is 0. The van der Waals surface area contributed by atoms with Crippen LogP contribution in [0.4, 0.5) is 5.69 Å². The highest BCUT2D eigenvalue weighted by molar-refractivity contribution is 6.40. The number of aromatic nitrogens is 1. The van der Waals surface area contributed by atoms with Crippen LogP contribution in [0.3, 0.4) is 0 Å². The minimum atomic E-state index is 0.562. The number of rotatable bonds is 2. The molecule has 0 amide bonds. The average molecular weight is 295 g/mol. The van der Waals surface area contributed by atoms with Gasteiger partial charge in [0, 0.05) is 29.7 Å². The standard InChI is InChI=1S/C15H16Cl2N2/c1-18-13-8-12(9-4-2-3-5-9)19-15-11(17)7-6-10(16)14(13)15/h6-9H,2-5H2,1H3,(H,18,19). The van der Waals surface area contributed by atoms with Crippen molar-refractivity contribution in [1.29, 1.82) is 0 Å². The fourth-order valence-electron chi connectivity index (χ4n) is 2.92. The number of hydrogen-bond acceptors (Lipinski definition) is 2. The number of nitrogens with zero attached hydrogens (tertiary/aromatic N) is 1. The van der Waals surface area contributed by atoms with Crippen LogP contribution in [0.15, 0.2) is 18.2 Å². The van der Waals surface area contributed by atoms with Crippen molar-refractivity contribution in [3.05, 3.63) is 33.9 Å². The molecular formula is C15H16Cl2N2. The average Bonchev–Trinajstić information content (AvgIpc) is 2.96. The molecule has 1 aromatic heterocycles. The molecular weight excluding hydrogens is 279 g/mol. The van der Waals surface area contributed by atoms with Gasteiger partial charge < -0.3 is 5.32 Å². The van der Waals surface area contributed by atoms with Gasteiger partial charge in [-0.1, -0.05) is 36.0 Å². The molecule has 100 valence electrons. The second kappa shape index (κ2) is 5.18. The zero-order valence-corrected chi connectivity index (χ0v) is 12.4. The molecule has 1 saturated carbocycles. The van der Waals surface area contributed by atoms with Gasteiger partial charge in [-0.2, -0.15) is 0 Å². The summed E-state index contributed by atoms with van der Waals surface area (Å²) in [6.07, 6.45) is 5.03. The van der Waals surface area contributed by atoms with Crippen LogP contribution >= 0.6 is 23.2 Å². The molecule has 1 heterocycles. The molecule has 1 fully saturated rings. The number of fused-ring (bicyclic) bond motifs is 1. The Hall–Kier alpha value is -0.990. The molecule has 1 N–H and O–H groups in total. The predicted octanol–water partition coefficient (Wildman–Crippen LogP) is 5.24.